The highest BCUT2D eigenvalue weighted by atomic mass is 35.5. The second-order valence-corrected chi connectivity index (χ2v) is 7.17. The standard InChI is InChI=1S/C16H18ClNO3S/c1-12-4-3-5-14(10-12)22(19,20)18-8-9-21-16-11-13(2)6-7-15(16)17/h3-7,10-11,18H,8-9H2,1-2H3. The molecule has 0 heterocycles. The summed E-state index contributed by atoms with van der Waals surface area (Å²) in [5, 5.41) is 0.507. The Morgan fingerprint density at radius 1 is 1.09 bits per heavy atom. The summed E-state index contributed by atoms with van der Waals surface area (Å²) in [5.74, 6) is 0.552. The first-order valence-electron chi connectivity index (χ1n) is 6.84. The van der Waals surface area contributed by atoms with E-state index in [2.05, 4.69) is 4.72 Å². The molecule has 1 N–H and O–H groups in total. The Balaban J connectivity index is 1.92. The molecule has 4 nitrogen and oxygen atoms in total. The van der Waals surface area contributed by atoms with E-state index < -0.39 is 10.0 Å². The summed E-state index contributed by atoms with van der Waals surface area (Å²) in [6, 6.07) is 12.2. The molecule has 0 spiro atoms. The van der Waals surface area contributed by atoms with Crippen LogP contribution in [0.2, 0.25) is 5.02 Å². The van der Waals surface area contributed by atoms with Gasteiger partial charge in [0.15, 0.2) is 0 Å². The van der Waals surface area contributed by atoms with E-state index in [1.807, 2.05) is 32.0 Å². The second kappa shape index (κ2) is 7.13. The van der Waals surface area contributed by atoms with Crippen LogP contribution in [0.15, 0.2) is 47.4 Å². The highest BCUT2D eigenvalue weighted by Gasteiger charge is 2.13. The van der Waals surface area contributed by atoms with Gasteiger partial charge >= 0.3 is 0 Å². The van der Waals surface area contributed by atoms with Gasteiger partial charge in [0, 0.05) is 6.54 Å². The Labute approximate surface area is 136 Å². The summed E-state index contributed by atoms with van der Waals surface area (Å²) in [4.78, 5) is 0.251. The summed E-state index contributed by atoms with van der Waals surface area (Å²) in [5.41, 5.74) is 1.92. The molecule has 0 atom stereocenters. The fourth-order valence-corrected chi connectivity index (χ4v) is 3.21. The second-order valence-electron chi connectivity index (χ2n) is 5.00. The normalized spacial score (nSPS) is 11.4. The molecule has 0 bridgehead atoms. The van der Waals surface area contributed by atoms with E-state index in [-0.39, 0.29) is 18.0 Å². The van der Waals surface area contributed by atoms with Crippen molar-refractivity contribution in [3.8, 4) is 5.75 Å². The van der Waals surface area contributed by atoms with Crippen molar-refractivity contribution in [2.45, 2.75) is 18.7 Å². The molecule has 0 saturated carbocycles. The van der Waals surface area contributed by atoms with Crippen molar-refractivity contribution in [3.05, 3.63) is 58.6 Å². The maximum absolute atomic E-state index is 12.1. The number of aryl methyl sites for hydroxylation is 2. The van der Waals surface area contributed by atoms with E-state index in [0.29, 0.717) is 10.8 Å². The molecule has 0 radical (unpaired) electrons. The van der Waals surface area contributed by atoms with Gasteiger partial charge in [0.25, 0.3) is 0 Å². The minimum atomic E-state index is -3.52. The molecule has 2 rings (SSSR count). The molecule has 2 aromatic rings. The van der Waals surface area contributed by atoms with Gasteiger partial charge in [0.1, 0.15) is 12.4 Å². The maximum Gasteiger partial charge on any atom is 0.240 e. The van der Waals surface area contributed by atoms with Crippen molar-refractivity contribution in [1.82, 2.24) is 4.72 Å². The molecular weight excluding hydrogens is 322 g/mol. The molecule has 2 aromatic carbocycles. The lowest BCUT2D eigenvalue weighted by atomic mass is 10.2. The van der Waals surface area contributed by atoms with E-state index in [9.17, 15) is 8.42 Å². The van der Waals surface area contributed by atoms with Gasteiger partial charge in [-0.2, -0.15) is 0 Å². The quantitative estimate of drug-likeness (QED) is 0.821. The van der Waals surface area contributed by atoms with Crippen LogP contribution in [0, 0.1) is 13.8 Å². The van der Waals surface area contributed by atoms with Crippen LogP contribution in [0.4, 0.5) is 0 Å². The Hall–Kier alpha value is -1.56. The predicted molar refractivity (Wildman–Crippen MR) is 88.1 cm³/mol. The Morgan fingerprint density at radius 3 is 2.55 bits per heavy atom. The minimum absolute atomic E-state index is 0.167. The van der Waals surface area contributed by atoms with E-state index in [0.717, 1.165) is 11.1 Å². The summed E-state index contributed by atoms with van der Waals surface area (Å²) in [6.07, 6.45) is 0. The molecule has 0 amide bonds. The molecule has 0 fully saturated rings. The molecule has 118 valence electrons. The van der Waals surface area contributed by atoms with Gasteiger partial charge in [-0.15, -0.1) is 0 Å². The van der Waals surface area contributed by atoms with Crippen LogP contribution < -0.4 is 9.46 Å². The van der Waals surface area contributed by atoms with Crippen molar-refractivity contribution in [1.29, 1.82) is 0 Å². The van der Waals surface area contributed by atoms with Gasteiger partial charge in [-0.25, -0.2) is 13.1 Å². The third-order valence-electron chi connectivity index (χ3n) is 3.04. The zero-order valence-corrected chi connectivity index (χ0v) is 14.0. The monoisotopic (exact) mass is 339 g/mol. The molecule has 0 aliphatic carbocycles. The van der Waals surface area contributed by atoms with E-state index in [4.69, 9.17) is 16.3 Å². The molecule has 0 aliphatic heterocycles. The Morgan fingerprint density at radius 2 is 1.82 bits per heavy atom. The van der Waals surface area contributed by atoms with Crippen molar-refractivity contribution in [3.63, 3.8) is 0 Å². The summed E-state index contributed by atoms with van der Waals surface area (Å²) < 4.78 is 32.3. The third-order valence-corrected chi connectivity index (χ3v) is 4.81. The van der Waals surface area contributed by atoms with Gasteiger partial charge in [-0.1, -0.05) is 29.8 Å². The number of nitrogens with one attached hydrogen (secondary N) is 1. The largest absolute Gasteiger partial charge is 0.491 e. The molecule has 0 saturated heterocycles. The number of hydrogen-bond acceptors (Lipinski definition) is 3. The topological polar surface area (TPSA) is 55.4 Å². The van der Waals surface area contributed by atoms with E-state index in [1.54, 1.807) is 24.3 Å². The van der Waals surface area contributed by atoms with Crippen molar-refractivity contribution in [2.75, 3.05) is 13.2 Å². The molecule has 0 unspecified atom stereocenters. The number of rotatable bonds is 6. The summed E-state index contributed by atoms with van der Waals surface area (Å²) in [7, 11) is -3.52. The van der Waals surface area contributed by atoms with Crippen LogP contribution in [-0.4, -0.2) is 21.6 Å². The summed E-state index contributed by atoms with van der Waals surface area (Å²) >= 11 is 6.01. The number of hydrogen-bond donors (Lipinski definition) is 1. The Bertz CT molecular complexity index is 760. The number of halogens is 1. The van der Waals surface area contributed by atoms with Crippen molar-refractivity contribution >= 4 is 21.6 Å². The lowest BCUT2D eigenvalue weighted by Gasteiger charge is -2.10. The third kappa shape index (κ3) is 4.47. The predicted octanol–water partition coefficient (Wildman–Crippen LogP) is 3.31. The van der Waals surface area contributed by atoms with Gasteiger partial charge in [0.05, 0.1) is 9.92 Å². The average Bonchev–Trinajstić information content (AvgIpc) is 2.47. The maximum atomic E-state index is 12.1. The van der Waals surface area contributed by atoms with Gasteiger partial charge < -0.3 is 4.74 Å². The first kappa shape index (κ1) is 16.8. The van der Waals surface area contributed by atoms with Gasteiger partial charge in [0.2, 0.25) is 10.0 Å². The SMILES string of the molecule is Cc1cccc(S(=O)(=O)NCCOc2cc(C)ccc2Cl)c1. The summed E-state index contributed by atoms with van der Waals surface area (Å²) in [6.45, 7) is 4.15. The van der Waals surface area contributed by atoms with Gasteiger partial charge in [-0.3, -0.25) is 0 Å². The van der Waals surface area contributed by atoms with Crippen molar-refractivity contribution < 1.29 is 13.2 Å². The zero-order valence-electron chi connectivity index (χ0n) is 12.5. The molecule has 6 heteroatoms. The molecule has 22 heavy (non-hydrogen) atoms. The molecule has 0 aromatic heterocycles. The van der Waals surface area contributed by atoms with Crippen LogP contribution in [0.1, 0.15) is 11.1 Å². The highest BCUT2D eigenvalue weighted by molar-refractivity contribution is 7.89. The highest BCUT2D eigenvalue weighted by Crippen LogP contribution is 2.25. The fraction of sp³-hybridized carbons (Fsp3) is 0.250. The lowest BCUT2D eigenvalue weighted by Crippen LogP contribution is -2.28. The van der Waals surface area contributed by atoms with Crippen LogP contribution in [0.25, 0.3) is 0 Å². The zero-order chi connectivity index (χ0) is 16.2. The average molecular weight is 340 g/mol. The first-order valence-corrected chi connectivity index (χ1v) is 8.70. The van der Waals surface area contributed by atoms with Crippen LogP contribution in [0.5, 0.6) is 5.75 Å². The van der Waals surface area contributed by atoms with E-state index in [1.165, 1.54) is 0 Å². The minimum Gasteiger partial charge on any atom is -0.491 e. The number of benzene rings is 2. The van der Waals surface area contributed by atoms with E-state index >= 15 is 0 Å². The van der Waals surface area contributed by atoms with Crippen LogP contribution in [0.3, 0.4) is 0 Å². The van der Waals surface area contributed by atoms with Gasteiger partial charge in [-0.05, 0) is 49.2 Å². The Kier molecular flexibility index (Phi) is 5.45. The van der Waals surface area contributed by atoms with Crippen LogP contribution >= 0.6 is 11.6 Å². The van der Waals surface area contributed by atoms with Crippen LogP contribution in [-0.2, 0) is 10.0 Å². The fourth-order valence-electron chi connectivity index (χ4n) is 1.92. The first-order chi connectivity index (χ1) is 10.4. The lowest BCUT2D eigenvalue weighted by molar-refractivity contribution is 0.323. The number of ether oxygens (including phenoxy) is 1. The molecular formula is C16H18ClNO3S. The molecule has 0 aliphatic rings. The smallest absolute Gasteiger partial charge is 0.240 e. The number of sulfonamides is 1. The van der Waals surface area contributed by atoms with Crippen molar-refractivity contribution in [2.24, 2.45) is 0 Å².